The van der Waals surface area contributed by atoms with Crippen LogP contribution in [0.4, 0.5) is 5.69 Å². The molecule has 0 bridgehead atoms. The van der Waals surface area contributed by atoms with Gasteiger partial charge in [-0.1, -0.05) is 6.92 Å². The molecule has 0 radical (unpaired) electrons. The lowest BCUT2D eigenvalue weighted by atomic mass is 10.1. The lowest BCUT2D eigenvalue weighted by molar-refractivity contribution is -0.119. The van der Waals surface area contributed by atoms with Crippen LogP contribution in [0.3, 0.4) is 0 Å². The average molecular weight is 192 g/mol. The van der Waals surface area contributed by atoms with Crippen LogP contribution in [-0.4, -0.2) is 10.8 Å². The molecule has 1 aromatic heterocycles. The third-order valence-corrected chi connectivity index (χ3v) is 2.14. The number of hydrogen-bond donors (Lipinski definition) is 1. The van der Waals surface area contributed by atoms with Crippen LogP contribution in [0, 0.1) is 0 Å². The minimum Gasteiger partial charge on any atom is -0.398 e. The summed E-state index contributed by atoms with van der Waals surface area (Å²) < 4.78 is 0. The first kappa shape index (κ1) is 10.7. The van der Waals surface area contributed by atoms with Crippen molar-refractivity contribution in [3.8, 4) is 0 Å². The summed E-state index contributed by atoms with van der Waals surface area (Å²) in [7, 11) is 0. The molecular formula is C11H16N2O. The van der Waals surface area contributed by atoms with Gasteiger partial charge in [-0.15, -0.1) is 0 Å². The summed E-state index contributed by atoms with van der Waals surface area (Å²) in [5.41, 5.74) is 7.43. The Hall–Kier alpha value is -1.38. The lowest BCUT2D eigenvalue weighted by Gasteiger charge is -2.03. The third-order valence-electron chi connectivity index (χ3n) is 2.14. The maximum absolute atomic E-state index is 11.3. The van der Waals surface area contributed by atoms with Crippen molar-refractivity contribution in [3.63, 3.8) is 0 Å². The fraction of sp³-hybridized carbons (Fsp3) is 0.455. The molecule has 1 rings (SSSR count). The number of aromatic nitrogens is 1. The Bertz CT molecular complexity index is 310. The number of carbonyl (C=O) groups excluding carboxylic acids is 1. The van der Waals surface area contributed by atoms with Gasteiger partial charge in [0.15, 0.2) is 0 Å². The number of nitrogens with zero attached hydrogens (tertiary/aromatic N) is 1. The van der Waals surface area contributed by atoms with Gasteiger partial charge >= 0.3 is 0 Å². The maximum Gasteiger partial charge on any atom is 0.133 e. The van der Waals surface area contributed by atoms with E-state index in [1.165, 1.54) is 0 Å². The first-order chi connectivity index (χ1) is 6.74. The summed E-state index contributed by atoms with van der Waals surface area (Å²) in [5, 5.41) is 0. The number of ketones is 1. The normalized spacial score (nSPS) is 10.1. The van der Waals surface area contributed by atoms with Crippen LogP contribution in [0.15, 0.2) is 18.5 Å². The zero-order valence-electron chi connectivity index (χ0n) is 8.49. The summed E-state index contributed by atoms with van der Waals surface area (Å²) in [6, 6.07) is 1.76. The predicted octanol–water partition coefficient (Wildman–Crippen LogP) is 1.97. The van der Waals surface area contributed by atoms with E-state index >= 15 is 0 Å². The summed E-state index contributed by atoms with van der Waals surface area (Å²) in [6.07, 6.45) is 6.25. The number of pyridine rings is 1. The Labute approximate surface area is 84.3 Å². The molecule has 1 aromatic rings. The first-order valence-electron chi connectivity index (χ1n) is 4.94. The molecule has 0 spiro atoms. The van der Waals surface area contributed by atoms with Gasteiger partial charge in [-0.05, 0) is 24.5 Å². The Balaban J connectivity index is 2.46. The maximum atomic E-state index is 11.3. The Morgan fingerprint density at radius 1 is 1.50 bits per heavy atom. The molecule has 1 heterocycles. The SMILES string of the molecule is CCCC(=O)CCc1cnccc1N. The number of carbonyl (C=O) groups is 1. The quantitative estimate of drug-likeness (QED) is 0.776. The summed E-state index contributed by atoms with van der Waals surface area (Å²) >= 11 is 0. The molecule has 76 valence electrons. The predicted molar refractivity (Wildman–Crippen MR) is 56.9 cm³/mol. The summed E-state index contributed by atoms with van der Waals surface area (Å²) in [4.78, 5) is 15.2. The van der Waals surface area contributed by atoms with E-state index in [-0.39, 0.29) is 0 Å². The highest BCUT2D eigenvalue weighted by Gasteiger charge is 2.03. The number of nitrogen functional groups attached to an aromatic ring is 1. The molecule has 0 saturated heterocycles. The van der Waals surface area contributed by atoms with E-state index in [4.69, 9.17) is 5.73 Å². The number of rotatable bonds is 5. The molecule has 0 fully saturated rings. The van der Waals surface area contributed by atoms with Crippen molar-refractivity contribution in [3.05, 3.63) is 24.0 Å². The first-order valence-corrected chi connectivity index (χ1v) is 4.94. The number of nitrogens with two attached hydrogens (primary N) is 1. The van der Waals surface area contributed by atoms with E-state index in [1.807, 2.05) is 6.92 Å². The molecule has 3 nitrogen and oxygen atoms in total. The molecule has 14 heavy (non-hydrogen) atoms. The molecule has 0 amide bonds. The zero-order chi connectivity index (χ0) is 10.4. The Kier molecular flexibility index (Phi) is 4.11. The van der Waals surface area contributed by atoms with Gasteiger partial charge < -0.3 is 5.73 Å². The summed E-state index contributed by atoms with van der Waals surface area (Å²) in [6.45, 7) is 2.01. The molecule has 3 heteroatoms. The second-order valence-corrected chi connectivity index (χ2v) is 3.36. The van der Waals surface area contributed by atoms with Crippen LogP contribution in [0.5, 0.6) is 0 Å². The van der Waals surface area contributed by atoms with E-state index in [0.717, 1.165) is 17.7 Å². The van der Waals surface area contributed by atoms with Crippen LogP contribution in [0.25, 0.3) is 0 Å². The fourth-order valence-electron chi connectivity index (χ4n) is 1.32. The highest BCUT2D eigenvalue weighted by Crippen LogP contribution is 2.11. The van der Waals surface area contributed by atoms with Gasteiger partial charge in [0, 0.05) is 30.9 Å². The van der Waals surface area contributed by atoms with Gasteiger partial charge in [-0.2, -0.15) is 0 Å². The molecule has 0 aliphatic carbocycles. The van der Waals surface area contributed by atoms with E-state index in [9.17, 15) is 4.79 Å². The monoisotopic (exact) mass is 192 g/mol. The zero-order valence-corrected chi connectivity index (χ0v) is 8.49. The van der Waals surface area contributed by atoms with Gasteiger partial charge in [0.05, 0.1) is 0 Å². The van der Waals surface area contributed by atoms with Crippen molar-refractivity contribution >= 4 is 11.5 Å². The summed E-state index contributed by atoms with van der Waals surface area (Å²) in [5.74, 6) is 0.302. The molecular weight excluding hydrogens is 176 g/mol. The van der Waals surface area contributed by atoms with Gasteiger partial charge in [0.1, 0.15) is 5.78 Å². The van der Waals surface area contributed by atoms with Crippen LogP contribution >= 0.6 is 0 Å². The Morgan fingerprint density at radius 2 is 2.29 bits per heavy atom. The van der Waals surface area contributed by atoms with E-state index in [1.54, 1.807) is 18.5 Å². The third kappa shape index (κ3) is 3.17. The molecule has 0 atom stereocenters. The molecule has 0 unspecified atom stereocenters. The second-order valence-electron chi connectivity index (χ2n) is 3.36. The van der Waals surface area contributed by atoms with Crippen molar-refractivity contribution in [2.24, 2.45) is 0 Å². The number of aryl methyl sites for hydroxylation is 1. The molecule has 0 aliphatic heterocycles. The van der Waals surface area contributed by atoms with Gasteiger partial charge in [-0.25, -0.2) is 0 Å². The largest absolute Gasteiger partial charge is 0.398 e. The van der Waals surface area contributed by atoms with E-state index in [2.05, 4.69) is 4.98 Å². The minimum atomic E-state index is 0.302. The topological polar surface area (TPSA) is 56.0 Å². The average Bonchev–Trinajstić information content (AvgIpc) is 2.17. The van der Waals surface area contributed by atoms with Crippen molar-refractivity contribution in [2.45, 2.75) is 32.6 Å². The smallest absolute Gasteiger partial charge is 0.133 e. The second kappa shape index (κ2) is 5.37. The highest BCUT2D eigenvalue weighted by atomic mass is 16.1. The fourth-order valence-corrected chi connectivity index (χ4v) is 1.32. The van der Waals surface area contributed by atoms with Crippen LogP contribution in [0.1, 0.15) is 31.7 Å². The number of anilines is 1. The van der Waals surface area contributed by atoms with Crippen molar-refractivity contribution in [2.75, 3.05) is 5.73 Å². The molecule has 2 N–H and O–H groups in total. The number of hydrogen-bond acceptors (Lipinski definition) is 3. The van der Waals surface area contributed by atoms with Crippen molar-refractivity contribution in [1.82, 2.24) is 4.98 Å². The van der Waals surface area contributed by atoms with Crippen LogP contribution in [0.2, 0.25) is 0 Å². The van der Waals surface area contributed by atoms with Gasteiger partial charge in [0.25, 0.3) is 0 Å². The number of Topliss-reactive ketones (excluding diaryl/α,β-unsaturated/α-hetero) is 1. The van der Waals surface area contributed by atoms with Crippen LogP contribution in [-0.2, 0) is 11.2 Å². The molecule has 0 saturated carbocycles. The van der Waals surface area contributed by atoms with Crippen molar-refractivity contribution < 1.29 is 4.79 Å². The lowest BCUT2D eigenvalue weighted by Crippen LogP contribution is -2.02. The van der Waals surface area contributed by atoms with E-state index in [0.29, 0.717) is 25.0 Å². The molecule has 0 aromatic carbocycles. The Morgan fingerprint density at radius 3 is 2.93 bits per heavy atom. The van der Waals surface area contributed by atoms with Crippen molar-refractivity contribution in [1.29, 1.82) is 0 Å². The minimum absolute atomic E-state index is 0.302. The van der Waals surface area contributed by atoms with E-state index < -0.39 is 0 Å². The van der Waals surface area contributed by atoms with Crippen LogP contribution < -0.4 is 5.73 Å². The molecule has 0 aliphatic rings. The van der Waals surface area contributed by atoms with Gasteiger partial charge in [-0.3, -0.25) is 9.78 Å². The van der Waals surface area contributed by atoms with Gasteiger partial charge in [0.2, 0.25) is 0 Å². The standard InChI is InChI=1S/C11H16N2O/c1-2-3-10(14)5-4-9-8-13-7-6-11(9)12/h6-8H,2-5H2,1H3,(H2,12,13). The highest BCUT2D eigenvalue weighted by molar-refractivity contribution is 5.78.